The largest absolute Gasteiger partial charge is 0.377 e. The first-order valence-electron chi connectivity index (χ1n) is 6.41. The van der Waals surface area contributed by atoms with Crippen LogP contribution in [0, 0.1) is 0 Å². The molecule has 0 amide bonds. The van der Waals surface area contributed by atoms with Crippen molar-refractivity contribution in [3.05, 3.63) is 23.9 Å². The zero-order chi connectivity index (χ0) is 12.3. The quantitative estimate of drug-likeness (QED) is 0.784. The van der Waals surface area contributed by atoms with Crippen LogP contribution in [0.15, 0.2) is 23.9 Å². The fourth-order valence-electron chi connectivity index (χ4n) is 2.18. The average molecular weight is 236 g/mol. The van der Waals surface area contributed by atoms with E-state index in [2.05, 4.69) is 59.6 Å². The van der Waals surface area contributed by atoms with Crippen LogP contribution in [0.4, 0.5) is 0 Å². The summed E-state index contributed by atoms with van der Waals surface area (Å²) in [6.45, 7) is 6.45. The van der Waals surface area contributed by atoms with Gasteiger partial charge in [0.25, 0.3) is 0 Å². The van der Waals surface area contributed by atoms with Gasteiger partial charge in [-0.2, -0.15) is 0 Å². The van der Waals surface area contributed by atoms with Crippen molar-refractivity contribution in [2.45, 2.75) is 19.4 Å². The van der Waals surface area contributed by atoms with Gasteiger partial charge in [0.1, 0.15) is 0 Å². The van der Waals surface area contributed by atoms with Gasteiger partial charge >= 0.3 is 0 Å². The zero-order valence-electron chi connectivity index (χ0n) is 11.2. The molecule has 4 nitrogen and oxygen atoms in total. The van der Waals surface area contributed by atoms with E-state index >= 15 is 0 Å². The van der Waals surface area contributed by atoms with Crippen LogP contribution in [0.25, 0.3) is 0 Å². The van der Waals surface area contributed by atoms with Crippen LogP contribution < -0.4 is 5.43 Å². The molecule has 0 saturated carbocycles. The number of nitrogens with one attached hydrogen (secondary N) is 1. The minimum absolute atomic E-state index is 0.599. The lowest BCUT2D eigenvalue weighted by atomic mass is 10.2. The first-order chi connectivity index (χ1) is 8.15. The molecule has 17 heavy (non-hydrogen) atoms. The summed E-state index contributed by atoms with van der Waals surface area (Å²) in [6.07, 6.45) is 7.90. The Morgan fingerprint density at radius 3 is 2.88 bits per heavy atom. The molecule has 2 heterocycles. The third-order valence-electron chi connectivity index (χ3n) is 3.54. The predicted octanol–water partition coefficient (Wildman–Crippen LogP) is 0.860. The molecule has 0 radical (unpaired) electrons. The van der Waals surface area contributed by atoms with Crippen molar-refractivity contribution in [3.63, 3.8) is 0 Å². The van der Waals surface area contributed by atoms with Crippen molar-refractivity contribution in [1.29, 1.82) is 0 Å². The smallest absolute Gasteiger partial charge is 0.0644 e. The second-order valence-corrected chi connectivity index (χ2v) is 5.18. The Morgan fingerprint density at radius 2 is 2.18 bits per heavy atom. The summed E-state index contributed by atoms with van der Waals surface area (Å²) >= 11 is 0. The molecule has 0 bridgehead atoms. The van der Waals surface area contributed by atoms with E-state index in [0.717, 1.165) is 32.7 Å². The lowest BCUT2D eigenvalue weighted by Crippen LogP contribution is -2.38. The highest BCUT2D eigenvalue weighted by atomic mass is 15.6. The topological polar surface area (TPSA) is 21.8 Å². The van der Waals surface area contributed by atoms with Gasteiger partial charge in [-0.05, 0) is 26.0 Å². The minimum Gasteiger partial charge on any atom is -0.377 e. The fourth-order valence-corrected chi connectivity index (χ4v) is 2.18. The molecule has 1 atom stereocenters. The van der Waals surface area contributed by atoms with Crippen LogP contribution in [-0.4, -0.2) is 61.2 Å². The number of rotatable bonds is 3. The van der Waals surface area contributed by atoms with E-state index in [4.69, 9.17) is 0 Å². The lowest BCUT2D eigenvalue weighted by Gasteiger charge is -2.22. The normalized spacial score (nSPS) is 27.4. The third kappa shape index (κ3) is 3.56. The van der Waals surface area contributed by atoms with Gasteiger partial charge in [-0.1, -0.05) is 12.2 Å². The number of hydrazine groups is 1. The van der Waals surface area contributed by atoms with Gasteiger partial charge in [0.2, 0.25) is 0 Å². The summed E-state index contributed by atoms with van der Waals surface area (Å²) in [5.41, 5.74) is 4.84. The Labute approximate surface area is 105 Å². The van der Waals surface area contributed by atoms with Crippen molar-refractivity contribution in [1.82, 2.24) is 20.2 Å². The molecule has 0 unspecified atom stereocenters. The van der Waals surface area contributed by atoms with Gasteiger partial charge in [-0.3, -0.25) is 4.90 Å². The van der Waals surface area contributed by atoms with Crippen LogP contribution in [0.2, 0.25) is 0 Å². The molecule has 0 aromatic heterocycles. The van der Waals surface area contributed by atoms with Crippen LogP contribution in [0.5, 0.6) is 0 Å². The monoisotopic (exact) mass is 236 g/mol. The molecule has 2 aliphatic rings. The maximum atomic E-state index is 3.49. The third-order valence-corrected chi connectivity index (χ3v) is 3.54. The van der Waals surface area contributed by atoms with E-state index in [1.165, 1.54) is 5.57 Å². The molecular formula is C13H24N4. The van der Waals surface area contributed by atoms with E-state index in [1.807, 2.05) is 0 Å². The Balaban J connectivity index is 1.83. The van der Waals surface area contributed by atoms with E-state index in [-0.39, 0.29) is 0 Å². The molecule has 4 heteroatoms. The molecule has 2 aliphatic heterocycles. The highest BCUT2D eigenvalue weighted by Crippen LogP contribution is 2.11. The highest BCUT2D eigenvalue weighted by molar-refractivity contribution is 5.22. The Morgan fingerprint density at radius 1 is 1.35 bits per heavy atom. The number of likely N-dealkylation sites (N-methyl/N-ethyl adjacent to an activating group) is 1. The van der Waals surface area contributed by atoms with Gasteiger partial charge in [0.15, 0.2) is 0 Å². The summed E-state index contributed by atoms with van der Waals surface area (Å²) in [4.78, 5) is 4.62. The van der Waals surface area contributed by atoms with Gasteiger partial charge in [0.05, 0.1) is 6.67 Å². The van der Waals surface area contributed by atoms with E-state index in [0.29, 0.717) is 6.04 Å². The van der Waals surface area contributed by atoms with Crippen molar-refractivity contribution in [2.24, 2.45) is 0 Å². The van der Waals surface area contributed by atoms with Gasteiger partial charge in [-0.25, -0.2) is 10.4 Å². The first-order valence-corrected chi connectivity index (χ1v) is 6.41. The van der Waals surface area contributed by atoms with Gasteiger partial charge in [0, 0.05) is 38.9 Å². The van der Waals surface area contributed by atoms with Crippen LogP contribution in [0.1, 0.15) is 13.3 Å². The van der Waals surface area contributed by atoms with Gasteiger partial charge < -0.3 is 4.90 Å². The van der Waals surface area contributed by atoms with Crippen molar-refractivity contribution in [2.75, 3.05) is 40.4 Å². The maximum Gasteiger partial charge on any atom is 0.0644 e. The summed E-state index contributed by atoms with van der Waals surface area (Å²) in [5.74, 6) is 0. The van der Waals surface area contributed by atoms with Crippen LogP contribution in [-0.2, 0) is 0 Å². The average Bonchev–Trinajstić information content (AvgIpc) is 2.64. The molecule has 1 N–H and O–H groups in total. The highest BCUT2D eigenvalue weighted by Gasteiger charge is 2.16. The molecule has 0 aromatic rings. The Kier molecular flexibility index (Phi) is 4.20. The van der Waals surface area contributed by atoms with E-state index in [9.17, 15) is 0 Å². The van der Waals surface area contributed by atoms with Crippen molar-refractivity contribution in [3.8, 4) is 0 Å². The van der Waals surface area contributed by atoms with Crippen molar-refractivity contribution < 1.29 is 0 Å². The van der Waals surface area contributed by atoms with Gasteiger partial charge in [-0.15, -0.1) is 0 Å². The van der Waals surface area contributed by atoms with Crippen molar-refractivity contribution >= 4 is 0 Å². The zero-order valence-corrected chi connectivity index (χ0v) is 11.2. The summed E-state index contributed by atoms with van der Waals surface area (Å²) in [5, 5.41) is 2.28. The number of hydrogen-bond donors (Lipinski definition) is 1. The molecular weight excluding hydrogens is 212 g/mol. The Bertz CT molecular complexity index is 311. The summed E-state index contributed by atoms with van der Waals surface area (Å²) in [6, 6.07) is 0.599. The first kappa shape index (κ1) is 12.6. The molecule has 96 valence electrons. The minimum atomic E-state index is 0.599. The summed E-state index contributed by atoms with van der Waals surface area (Å²) in [7, 11) is 4.31. The maximum absolute atomic E-state index is 3.49. The number of hydrogen-bond acceptors (Lipinski definition) is 4. The molecule has 2 rings (SSSR count). The fraction of sp³-hybridized carbons (Fsp3) is 0.692. The molecule has 0 aromatic carbocycles. The second-order valence-electron chi connectivity index (χ2n) is 5.18. The van der Waals surface area contributed by atoms with Crippen LogP contribution in [0.3, 0.4) is 0 Å². The lowest BCUT2D eigenvalue weighted by molar-refractivity contribution is 0.206. The van der Waals surface area contributed by atoms with E-state index in [1.54, 1.807) is 0 Å². The molecule has 1 saturated heterocycles. The molecule has 0 spiro atoms. The predicted molar refractivity (Wildman–Crippen MR) is 71.3 cm³/mol. The van der Waals surface area contributed by atoms with Crippen LogP contribution >= 0.6 is 0 Å². The second kappa shape index (κ2) is 5.67. The SMILES string of the molecule is C[C@@H]1CC=CC(CNN2CCN(C)C2)=CN1C. The number of nitrogens with zero attached hydrogens (tertiary/aromatic N) is 3. The Hall–Kier alpha value is -0.840. The van der Waals surface area contributed by atoms with E-state index < -0.39 is 0 Å². The molecule has 1 fully saturated rings. The molecule has 0 aliphatic carbocycles. The standard InChI is InChI=1S/C13H24N4/c1-12-5-4-6-13(10-16(12)3)9-14-17-8-7-15(2)11-17/h4,6,10,12,14H,5,7-9,11H2,1-3H3/t12-/m1/s1. The summed E-state index contributed by atoms with van der Waals surface area (Å²) < 4.78 is 0.